The maximum absolute atomic E-state index is 13.0. The molecule has 3 saturated carbocycles. The lowest BCUT2D eigenvalue weighted by atomic mass is 9.47. The van der Waals surface area contributed by atoms with E-state index in [1.807, 2.05) is 0 Å². The monoisotopic (exact) mass is 964 g/mol. The van der Waals surface area contributed by atoms with Gasteiger partial charge in [-0.15, -0.1) is 0 Å². The normalized spacial score (nSPS) is 28.1. The Labute approximate surface area is 423 Å². The van der Waals surface area contributed by atoms with E-state index in [4.69, 9.17) is 23.7 Å². The number of piperidine rings is 1. The van der Waals surface area contributed by atoms with Crippen molar-refractivity contribution >= 4 is 11.9 Å². The fraction of sp³-hybridized carbons (Fsp3) is 0.869. The van der Waals surface area contributed by atoms with Crippen LogP contribution in [-0.2, 0) is 33.3 Å². The predicted molar refractivity (Wildman–Crippen MR) is 284 cm³/mol. The summed E-state index contributed by atoms with van der Waals surface area (Å²) in [5.74, 6) is 4.22. The minimum Gasteiger partial charge on any atom is -0.463 e. The molecule has 0 aromatic carbocycles. The molecule has 396 valence electrons. The number of hydrogen-bond donors (Lipinski definition) is 0. The molecular formula is C61H105NO7. The van der Waals surface area contributed by atoms with E-state index in [1.54, 1.807) is 0 Å². The molecule has 8 heteroatoms. The summed E-state index contributed by atoms with van der Waals surface area (Å²) in [5.41, 5.74) is 2.24. The van der Waals surface area contributed by atoms with Crippen molar-refractivity contribution in [1.29, 1.82) is 0 Å². The van der Waals surface area contributed by atoms with Crippen molar-refractivity contribution in [3.05, 3.63) is 36.0 Å². The lowest BCUT2D eigenvalue weighted by Crippen LogP contribution is -2.51. The number of unbranched alkanes of at least 4 members (excludes halogenated alkanes) is 9. The topological polar surface area (TPSA) is 83.5 Å². The Morgan fingerprint density at radius 3 is 2.22 bits per heavy atom. The average molecular weight is 965 g/mol. The Balaban J connectivity index is 0.883. The van der Waals surface area contributed by atoms with Crippen molar-refractivity contribution in [1.82, 2.24) is 4.90 Å². The first-order chi connectivity index (χ1) is 33.5. The number of carbonyl (C=O) groups is 2. The van der Waals surface area contributed by atoms with Crippen LogP contribution in [0.5, 0.6) is 0 Å². The third kappa shape index (κ3) is 19.7. The van der Waals surface area contributed by atoms with E-state index >= 15 is 0 Å². The highest BCUT2D eigenvalue weighted by atomic mass is 16.6. The number of rotatable bonds is 35. The Kier molecular flexibility index (Phi) is 27.1. The maximum Gasteiger partial charge on any atom is 0.306 e. The second-order valence-corrected chi connectivity index (χ2v) is 23.5. The molecular weight excluding hydrogens is 859 g/mol. The molecule has 4 unspecified atom stereocenters. The fourth-order valence-corrected chi connectivity index (χ4v) is 13.9. The molecule has 69 heavy (non-hydrogen) atoms. The van der Waals surface area contributed by atoms with Crippen LogP contribution >= 0.6 is 0 Å². The zero-order valence-electron chi connectivity index (χ0n) is 45.5. The third-order valence-electron chi connectivity index (χ3n) is 17.9. The van der Waals surface area contributed by atoms with Crippen LogP contribution in [0.1, 0.15) is 221 Å². The summed E-state index contributed by atoms with van der Waals surface area (Å²) in [4.78, 5) is 28.0. The van der Waals surface area contributed by atoms with Crippen molar-refractivity contribution in [2.45, 2.75) is 234 Å². The van der Waals surface area contributed by atoms with E-state index in [0.717, 1.165) is 93.9 Å². The highest BCUT2D eigenvalue weighted by Crippen LogP contribution is 2.67. The van der Waals surface area contributed by atoms with Crippen molar-refractivity contribution in [2.24, 2.45) is 46.3 Å². The molecule has 5 rings (SSSR count). The number of fused-ring (bicyclic) bond motifs is 5. The molecule has 1 heterocycles. The van der Waals surface area contributed by atoms with E-state index < -0.39 is 0 Å². The standard InChI is InChI=1S/C61H105NO7/c1-7-8-9-10-11-12-13-14-15-16-17-18-19-20-21-25-41-66-48-53(47-62-39-23-22-24-40-62)67-44-42-65-43-45-68-58(63)33-34-59(64)69-52-35-37-60(5)51(46-52)29-30-54-56-32-31-55(50(4)28-26-27-49(2)3)61(56,6)38-36-57(54)60/h11-12,14-15,29,49-50,52-57H,7-10,13,16-28,30-48H2,1-6H3/b12-11-,15-14-/t50-,52+,53?,54?,55-,56?,57?,60+,61-/m1/s1. The summed E-state index contributed by atoms with van der Waals surface area (Å²) in [6.45, 7) is 20.7. The number of ether oxygens (including phenoxy) is 5. The lowest BCUT2D eigenvalue weighted by molar-refractivity contribution is -0.156. The Bertz CT molecular complexity index is 1520. The van der Waals surface area contributed by atoms with Gasteiger partial charge in [0.2, 0.25) is 0 Å². The SMILES string of the molecule is CCCCC/C=C\C/C=C\CCCCCCCCOCC(CN1CCCCC1)OCCOCCOC(=O)CCC(=O)O[C@H]1CC[C@@]2(C)C(=CCC3C2CC[C@@]2(C)C3CC[C@@H]2[C@H](C)CCCC(C)C)C1. The van der Waals surface area contributed by atoms with Crippen LogP contribution in [0.4, 0.5) is 0 Å². The van der Waals surface area contributed by atoms with Gasteiger partial charge in [0.1, 0.15) is 12.7 Å². The minimum absolute atomic E-state index is 0.0190. The number of hydrogen-bond acceptors (Lipinski definition) is 8. The van der Waals surface area contributed by atoms with Gasteiger partial charge < -0.3 is 28.6 Å². The molecule has 4 fully saturated rings. The molecule has 0 radical (unpaired) electrons. The van der Waals surface area contributed by atoms with Crippen molar-refractivity contribution < 1.29 is 33.3 Å². The summed E-state index contributed by atoms with van der Waals surface area (Å²) in [5, 5.41) is 0. The summed E-state index contributed by atoms with van der Waals surface area (Å²) in [6, 6.07) is 0. The first-order valence-electron chi connectivity index (χ1n) is 29.4. The van der Waals surface area contributed by atoms with E-state index in [1.165, 1.54) is 140 Å². The van der Waals surface area contributed by atoms with Crippen LogP contribution < -0.4 is 0 Å². The van der Waals surface area contributed by atoms with Gasteiger partial charge in [-0.2, -0.15) is 0 Å². The van der Waals surface area contributed by atoms with Crippen LogP contribution in [0.15, 0.2) is 36.0 Å². The third-order valence-corrected chi connectivity index (χ3v) is 17.9. The molecule has 5 aliphatic rings. The van der Waals surface area contributed by atoms with Crippen molar-refractivity contribution in [3.63, 3.8) is 0 Å². The van der Waals surface area contributed by atoms with E-state index in [-0.39, 0.29) is 49.0 Å². The largest absolute Gasteiger partial charge is 0.463 e. The number of likely N-dealkylation sites (tertiary alicyclic amines) is 1. The maximum atomic E-state index is 13.0. The van der Waals surface area contributed by atoms with Crippen molar-refractivity contribution in [3.8, 4) is 0 Å². The smallest absolute Gasteiger partial charge is 0.306 e. The zero-order valence-corrected chi connectivity index (χ0v) is 45.5. The van der Waals surface area contributed by atoms with Crippen molar-refractivity contribution in [2.75, 3.05) is 59.3 Å². The van der Waals surface area contributed by atoms with Crippen LogP contribution in [0.25, 0.3) is 0 Å². The molecule has 1 aliphatic heterocycles. The van der Waals surface area contributed by atoms with E-state index in [0.29, 0.717) is 31.8 Å². The average Bonchev–Trinajstić information content (AvgIpc) is 3.70. The number of nitrogens with zero attached hydrogens (tertiary/aromatic N) is 1. The molecule has 0 aromatic heterocycles. The van der Waals surface area contributed by atoms with Crippen LogP contribution in [-0.4, -0.2) is 88.3 Å². The molecule has 0 amide bonds. The highest BCUT2D eigenvalue weighted by Gasteiger charge is 2.59. The van der Waals surface area contributed by atoms with E-state index in [2.05, 4.69) is 76.8 Å². The van der Waals surface area contributed by atoms with Gasteiger partial charge in [0.05, 0.1) is 45.4 Å². The van der Waals surface area contributed by atoms with Crippen LogP contribution in [0.2, 0.25) is 0 Å². The van der Waals surface area contributed by atoms with Gasteiger partial charge in [0.15, 0.2) is 0 Å². The van der Waals surface area contributed by atoms with Gasteiger partial charge in [-0.3, -0.25) is 9.59 Å². The summed E-state index contributed by atoms with van der Waals surface area (Å²) < 4.78 is 29.6. The van der Waals surface area contributed by atoms with Gasteiger partial charge >= 0.3 is 11.9 Å². The molecule has 9 atom stereocenters. The first kappa shape index (κ1) is 57.9. The van der Waals surface area contributed by atoms with Gasteiger partial charge in [-0.05, 0) is 156 Å². The second-order valence-electron chi connectivity index (χ2n) is 23.5. The Morgan fingerprint density at radius 1 is 0.725 bits per heavy atom. The molecule has 8 nitrogen and oxygen atoms in total. The molecule has 0 spiro atoms. The Morgan fingerprint density at radius 2 is 1.45 bits per heavy atom. The lowest BCUT2D eigenvalue weighted by Gasteiger charge is -2.58. The molecule has 4 aliphatic carbocycles. The quantitative estimate of drug-likeness (QED) is 0.0353. The highest BCUT2D eigenvalue weighted by molar-refractivity contribution is 5.77. The molecule has 1 saturated heterocycles. The van der Waals surface area contributed by atoms with Gasteiger partial charge in [-0.1, -0.05) is 142 Å². The summed E-state index contributed by atoms with van der Waals surface area (Å²) in [6.07, 6.45) is 44.4. The number of esters is 2. The van der Waals surface area contributed by atoms with Gasteiger partial charge in [0.25, 0.3) is 0 Å². The number of carbonyl (C=O) groups excluding carboxylic acids is 2. The van der Waals surface area contributed by atoms with Gasteiger partial charge in [0, 0.05) is 19.6 Å². The number of allylic oxidation sites excluding steroid dienone is 5. The predicted octanol–water partition coefficient (Wildman–Crippen LogP) is 15.0. The summed E-state index contributed by atoms with van der Waals surface area (Å²) in [7, 11) is 0. The minimum atomic E-state index is -0.383. The summed E-state index contributed by atoms with van der Waals surface area (Å²) >= 11 is 0. The van der Waals surface area contributed by atoms with Crippen LogP contribution in [0.3, 0.4) is 0 Å². The Hall–Kier alpha value is -2.00. The zero-order chi connectivity index (χ0) is 49.2. The van der Waals surface area contributed by atoms with Gasteiger partial charge in [-0.25, -0.2) is 0 Å². The van der Waals surface area contributed by atoms with Crippen LogP contribution in [0, 0.1) is 46.3 Å². The van der Waals surface area contributed by atoms with E-state index in [9.17, 15) is 9.59 Å². The fourth-order valence-electron chi connectivity index (χ4n) is 13.9. The second kappa shape index (κ2) is 32.2. The molecule has 0 N–H and O–H groups in total. The first-order valence-corrected chi connectivity index (χ1v) is 29.4. The molecule has 0 aromatic rings. The molecule has 0 bridgehead atoms.